The van der Waals surface area contributed by atoms with Crippen LogP contribution in [0.25, 0.3) is 5.65 Å². The van der Waals surface area contributed by atoms with E-state index >= 15 is 0 Å². The molecule has 6 nitrogen and oxygen atoms in total. The van der Waals surface area contributed by atoms with Gasteiger partial charge in [0.05, 0.1) is 5.69 Å². The summed E-state index contributed by atoms with van der Waals surface area (Å²) in [5.74, 6) is 0.739. The van der Waals surface area contributed by atoms with Crippen LogP contribution in [0.15, 0.2) is 47.7 Å². The Morgan fingerprint density at radius 2 is 2.07 bits per heavy atom. The molecule has 0 saturated carbocycles. The second-order valence-electron chi connectivity index (χ2n) is 6.75. The zero-order chi connectivity index (χ0) is 20.8. The van der Waals surface area contributed by atoms with Gasteiger partial charge in [0.2, 0.25) is 0 Å². The number of guanidine groups is 1. The fourth-order valence-electron chi connectivity index (χ4n) is 3.09. The lowest BCUT2D eigenvalue weighted by molar-refractivity contribution is -0.0504. The molecule has 2 heterocycles. The predicted octanol–water partition coefficient (Wildman–Crippen LogP) is 3.46. The van der Waals surface area contributed by atoms with Gasteiger partial charge in [-0.2, -0.15) is 8.78 Å². The SMILES string of the molecule is CN=C(NCCc1cn2cccc(C)c2n1)NCc1cc(C)ccc1OC(F)F. The third-order valence-corrected chi connectivity index (χ3v) is 4.50. The van der Waals surface area contributed by atoms with E-state index in [9.17, 15) is 8.78 Å². The van der Waals surface area contributed by atoms with E-state index in [2.05, 4.69) is 25.3 Å². The lowest BCUT2D eigenvalue weighted by Crippen LogP contribution is -2.38. The Hall–Kier alpha value is -3.16. The number of aromatic nitrogens is 2. The molecule has 29 heavy (non-hydrogen) atoms. The van der Waals surface area contributed by atoms with Gasteiger partial charge in [0.25, 0.3) is 0 Å². The quantitative estimate of drug-likeness (QED) is 0.470. The molecule has 3 rings (SSSR count). The van der Waals surface area contributed by atoms with Crippen molar-refractivity contribution >= 4 is 11.6 Å². The summed E-state index contributed by atoms with van der Waals surface area (Å²) >= 11 is 0. The number of aryl methyl sites for hydroxylation is 2. The number of hydrogen-bond donors (Lipinski definition) is 2. The molecule has 154 valence electrons. The number of fused-ring (bicyclic) bond motifs is 1. The molecule has 0 bridgehead atoms. The van der Waals surface area contributed by atoms with Crippen molar-refractivity contribution in [3.63, 3.8) is 0 Å². The highest BCUT2D eigenvalue weighted by Crippen LogP contribution is 2.22. The molecule has 0 amide bonds. The van der Waals surface area contributed by atoms with Gasteiger partial charge in [0.1, 0.15) is 11.4 Å². The highest BCUT2D eigenvalue weighted by atomic mass is 19.3. The maximum atomic E-state index is 12.6. The van der Waals surface area contributed by atoms with Gasteiger partial charge in [0, 0.05) is 44.5 Å². The van der Waals surface area contributed by atoms with Crippen LogP contribution in [0.4, 0.5) is 8.78 Å². The number of pyridine rings is 1. The van der Waals surface area contributed by atoms with Crippen LogP contribution < -0.4 is 15.4 Å². The van der Waals surface area contributed by atoms with E-state index < -0.39 is 6.61 Å². The van der Waals surface area contributed by atoms with Crippen molar-refractivity contribution < 1.29 is 13.5 Å². The summed E-state index contributed by atoms with van der Waals surface area (Å²) in [5.41, 5.74) is 4.67. The van der Waals surface area contributed by atoms with Crippen LogP contribution in [0.1, 0.15) is 22.4 Å². The van der Waals surface area contributed by atoms with Crippen LogP contribution in [0.2, 0.25) is 0 Å². The van der Waals surface area contributed by atoms with Gasteiger partial charge in [-0.05, 0) is 31.5 Å². The first kappa shape index (κ1) is 20.6. The molecule has 0 aliphatic carbocycles. The molecule has 0 fully saturated rings. The summed E-state index contributed by atoms with van der Waals surface area (Å²) in [6.07, 6.45) is 4.72. The second-order valence-corrected chi connectivity index (χ2v) is 6.75. The van der Waals surface area contributed by atoms with E-state index in [4.69, 9.17) is 0 Å². The van der Waals surface area contributed by atoms with Crippen molar-refractivity contribution in [2.75, 3.05) is 13.6 Å². The van der Waals surface area contributed by atoms with Crippen molar-refractivity contribution in [1.29, 1.82) is 0 Å². The van der Waals surface area contributed by atoms with Crippen molar-refractivity contribution in [3.8, 4) is 5.75 Å². The summed E-state index contributed by atoms with van der Waals surface area (Å²) in [6, 6.07) is 9.14. The number of halogens is 2. The average molecular weight is 401 g/mol. The third kappa shape index (κ3) is 5.43. The van der Waals surface area contributed by atoms with Gasteiger partial charge >= 0.3 is 6.61 Å². The van der Waals surface area contributed by atoms with Crippen LogP contribution >= 0.6 is 0 Å². The fourth-order valence-corrected chi connectivity index (χ4v) is 3.09. The van der Waals surface area contributed by atoms with Crippen LogP contribution in [0.3, 0.4) is 0 Å². The van der Waals surface area contributed by atoms with Crippen LogP contribution in [0, 0.1) is 13.8 Å². The number of nitrogens with zero attached hydrogens (tertiary/aromatic N) is 3. The molecule has 0 spiro atoms. The molecule has 0 saturated heterocycles. The van der Waals surface area contributed by atoms with E-state index in [-0.39, 0.29) is 5.75 Å². The Bertz CT molecular complexity index is 1000. The number of benzene rings is 1. The zero-order valence-corrected chi connectivity index (χ0v) is 16.7. The summed E-state index contributed by atoms with van der Waals surface area (Å²) < 4.78 is 31.8. The van der Waals surface area contributed by atoms with Gasteiger partial charge < -0.3 is 19.8 Å². The molecule has 0 aliphatic rings. The monoisotopic (exact) mass is 401 g/mol. The number of ether oxygens (including phenoxy) is 1. The number of imidazole rings is 1. The number of hydrogen-bond acceptors (Lipinski definition) is 3. The van der Waals surface area contributed by atoms with Gasteiger partial charge in [-0.25, -0.2) is 4.98 Å². The maximum absolute atomic E-state index is 12.6. The standard InChI is InChI=1S/C21H25F2N5O/c1-14-6-7-18(29-20(22)23)16(11-14)12-26-21(24-3)25-9-8-17-13-28-10-4-5-15(2)19(28)27-17/h4-7,10-11,13,20H,8-9,12H2,1-3H3,(H2,24,25,26). The molecule has 0 unspecified atom stereocenters. The normalized spacial score (nSPS) is 11.9. The minimum Gasteiger partial charge on any atom is -0.434 e. The molecule has 8 heteroatoms. The predicted molar refractivity (Wildman–Crippen MR) is 110 cm³/mol. The fraction of sp³-hybridized carbons (Fsp3) is 0.333. The lowest BCUT2D eigenvalue weighted by atomic mass is 10.1. The van der Waals surface area contributed by atoms with Crippen molar-refractivity contribution in [2.24, 2.45) is 4.99 Å². The van der Waals surface area contributed by atoms with Gasteiger partial charge in [-0.1, -0.05) is 23.8 Å². The Morgan fingerprint density at radius 3 is 2.79 bits per heavy atom. The number of aliphatic imine (C=N–C) groups is 1. The summed E-state index contributed by atoms with van der Waals surface area (Å²) in [7, 11) is 1.66. The number of nitrogens with one attached hydrogen (secondary N) is 2. The van der Waals surface area contributed by atoms with E-state index in [0.717, 1.165) is 28.9 Å². The molecule has 3 aromatic rings. The summed E-state index contributed by atoms with van der Waals surface area (Å²) in [5, 5.41) is 6.36. The number of alkyl halides is 2. The molecule has 0 radical (unpaired) electrons. The molecular weight excluding hydrogens is 376 g/mol. The van der Waals surface area contributed by atoms with Crippen molar-refractivity contribution in [2.45, 2.75) is 33.4 Å². The van der Waals surface area contributed by atoms with Crippen LogP contribution in [-0.4, -0.2) is 35.5 Å². The third-order valence-electron chi connectivity index (χ3n) is 4.50. The highest BCUT2D eigenvalue weighted by Gasteiger charge is 2.11. The lowest BCUT2D eigenvalue weighted by Gasteiger charge is -2.15. The van der Waals surface area contributed by atoms with Gasteiger partial charge in [0.15, 0.2) is 5.96 Å². The smallest absolute Gasteiger partial charge is 0.387 e. The minimum atomic E-state index is -2.86. The maximum Gasteiger partial charge on any atom is 0.387 e. The van der Waals surface area contributed by atoms with Crippen LogP contribution in [-0.2, 0) is 13.0 Å². The number of rotatable bonds is 7. The van der Waals surface area contributed by atoms with Gasteiger partial charge in [-0.15, -0.1) is 0 Å². The molecular formula is C21H25F2N5O. The average Bonchev–Trinajstić information content (AvgIpc) is 3.10. The molecule has 0 atom stereocenters. The molecule has 0 aliphatic heterocycles. The second kappa shape index (κ2) is 9.36. The summed E-state index contributed by atoms with van der Waals surface area (Å²) in [4.78, 5) is 8.84. The first-order valence-electron chi connectivity index (χ1n) is 9.38. The molecule has 1 aromatic carbocycles. The molecule has 2 aromatic heterocycles. The first-order chi connectivity index (χ1) is 14.0. The minimum absolute atomic E-state index is 0.161. The van der Waals surface area contributed by atoms with E-state index in [1.165, 1.54) is 0 Å². The largest absolute Gasteiger partial charge is 0.434 e. The van der Waals surface area contributed by atoms with E-state index in [1.54, 1.807) is 19.2 Å². The van der Waals surface area contributed by atoms with E-state index in [1.807, 2.05) is 48.8 Å². The topological polar surface area (TPSA) is 63.0 Å². The molecule has 2 N–H and O–H groups in total. The highest BCUT2D eigenvalue weighted by molar-refractivity contribution is 5.79. The Morgan fingerprint density at radius 1 is 1.24 bits per heavy atom. The van der Waals surface area contributed by atoms with E-state index in [0.29, 0.717) is 24.6 Å². The van der Waals surface area contributed by atoms with Crippen molar-refractivity contribution in [1.82, 2.24) is 20.0 Å². The van der Waals surface area contributed by atoms with Gasteiger partial charge in [-0.3, -0.25) is 4.99 Å². The Balaban J connectivity index is 1.56. The Kier molecular flexibility index (Phi) is 6.64. The Labute approximate surface area is 168 Å². The van der Waals surface area contributed by atoms with Crippen molar-refractivity contribution in [3.05, 3.63) is 65.1 Å². The first-order valence-corrected chi connectivity index (χ1v) is 9.38. The zero-order valence-electron chi connectivity index (χ0n) is 16.7. The van der Waals surface area contributed by atoms with Crippen LogP contribution in [0.5, 0.6) is 5.75 Å². The summed E-state index contributed by atoms with van der Waals surface area (Å²) in [6.45, 7) is 2.03.